The maximum atomic E-state index is 12.2. The van der Waals surface area contributed by atoms with Gasteiger partial charge in [-0.25, -0.2) is 4.98 Å². The second-order valence-electron chi connectivity index (χ2n) is 8.15. The largest absolute Gasteiger partial charge is 0.376 e. The molecule has 33 heavy (non-hydrogen) atoms. The topological polar surface area (TPSA) is 61.8 Å². The third-order valence-corrected chi connectivity index (χ3v) is 6.66. The molecule has 3 heterocycles. The molecule has 0 amide bonds. The molecule has 0 spiro atoms. The van der Waals surface area contributed by atoms with Crippen LogP contribution in [0.1, 0.15) is 27.9 Å². The Labute approximate surface area is 201 Å². The van der Waals surface area contributed by atoms with E-state index in [1.165, 1.54) is 0 Å². The van der Waals surface area contributed by atoms with Gasteiger partial charge in [-0.2, -0.15) is 0 Å². The van der Waals surface area contributed by atoms with Crippen LogP contribution in [0.5, 0.6) is 0 Å². The van der Waals surface area contributed by atoms with Crippen molar-refractivity contribution in [1.82, 2.24) is 15.0 Å². The van der Waals surface area contributed by atoms with Crippen LogP contribution >= 0.6 is 23.2 Å². The van der Waals surface area contributed by atoms with Crippen LogP contribution in [0.2, 0.25) is 10.2 Å². The SMILES string of the molecule is Cc1ccc(C(O)(c2cc[nH]c2)c2cc(C)c3nc(Cl)c(-c4ccccc4)c(Cl)c3c2)cn1. The molecule has 2 N–H and O–H groups in total. The molecule has 1 unspecified atom stereocenters. The highest BCUT2D eigenvalue weighted by molar-refractivity contribution is 6.42. The van der Waals surface area contributed by atoms with E-state index < -0.39 is 5.60 Å². The Kier molecular flexibility index (Phi) is 5.45. The first kappa shape index (κ1) is 21.7. The summed E-state index contributed by atoms with van der Waals surface area (Å²) in [6.07, 6.45) is 5.28. The number of halogens is 2. The van der Waals surface area contributed by atoms with Gasteiger partial charge in [0.25, 0.3) is 0 Å². The van der Waals surface area contributed by atoms with Crippen LogP contribution < -0.4 is 0 Å². The average Bonchev–Trinajstić information content (AvgIpc) is 3.36. The van der Waals surface area contributed by atoms with Gasteiger partial charge >= 0.3 is 0 Å². The van der Waals surface area contributed by atoms with Crippen LogP contribution in [0.25, 0.3) is 22.0 Å². The van der Waals surface area contributed by atoms with Crippen molar-refractivity contribution in [2.24, 2.45) is 0 Å². The van der Waals surface area contributed by atoms with Gasteiger partial charge in [0.2, 0.25) is 0 Å². The summed E-state index contributed by atoms with van der Waals surface area (Å²) in [6.45, 7) is 3.86. The van der Waals surface area contributed by atoms with Crippen molar-refractivity contribution in [3.8, 4) is 11.1 Å². The van der Waals surface area contributed by atoms with Crippen molar-refractivity contribution in [3.63, 3.8) is 0 Å². The van der Waals surface area contributed by atoms with E-state index in [1.54, 1.807) is 18.6 Å². The molecule has 0 saturated carbocycles. The third kappa shape index (κ3) is 3.61. The summed E-state index contributed by atoms with van der Waals surface area (Å²) in [5.74, 6) is 0. The lowest BCUT2D eigenvalue weighted by Crippen LogP contribution is -2.29. The first-order valence-corrected chi connectivity index (χ1v) is 11.3. The summed E-state index contributed by atoms with van der Waals surface area (Å²) >= 11 is 13.5. The van der Waals surface area contributed by atoms with Gasteiger partial charge in [0.1, 0.15) is 10.8 Å². The van der Waals surface area contributed by atoms with E-state index in [1.807, 2.05) is 74.5 Å². The minimum Gasteiger partial charge on any atom is -0.376 e. The molecule has 0 aliphatic carbocycles. The first-order valence-electron chi connectivity index (χ1n) is 10.5. The van der Waals surface area contributed by atoms with Crippen molar-refractivity contribution in [1.29, 1.82) is 0 Å². The van der Waals surface area contributed by atoms with Crippen LogP contribution in [-0.2, 0) is 5.60 Å². The number of aromatic amines is 1. The molecule has 0 aliphatic rings. The normalized spacial score (nSPS) is 13.2. The Bertz CT molecular complexity index is 1450. The molecule has 0 saturated heterocycles. The van der Waals surface area contributed by atoms with E-state index in [2.05, 4.69) is 15.0 Å². The van der Waals surface area contributed by atoms with Crippen LogP contribution in [0.15, 0.2) is 79.3 Å². The standard InChI is InChI=1S/C27H21Cl2N3O/c1-16-12-21(27(33,20-10-11-30-14-20)19-9-8-17(2)31-15-19)13-22-24(28)23(26(29)32-25(16)22)18-6-4-3-5-7-18/h3-15,30,33H,1-2H3. The molecule has 3 aromatic heterocycles. The smallest absolute Gasteiger partial charge is 0.143 e. The summed E-state index contributed by atoms with van der Waals surface area (Å²) < 4.78 is 0. The Balaban J connectivity index is 1.81. The van der Waals surface area contributed by atoms with E-state index >= 15 is 0 Å². The molecule has 5 aromatic rings. The van der Waals surface area contributed by atoms with Crippen molar-refractivity contribution >= 4 is 34.1 Å². The molecule has 2 aromatic carbocycles. The Hall–Kier alpha value is -3.18. The van der Waals surface area contributed by atoms with E-state index in [0.29, 0.717) is 37.9 Å². The van der Waals surface area contributed by atoms with Gasteiger partial charge in [-0.3, -0.25) is 4.98 Å². The summed E-state index contributed by atoms with van der Waals surface area (Å²) in [6, 6.07) is 19.2. The van der Waals surface area contributed by atoms with Gasteiger partial charge in [-0.15, -0.1) is 0 Å². The van der Waals surface area contributed by atoms with Crippen LogP contribution in [0.3, 0.4) is 0 Å². The predicted molar refractivity (Wildman–Crippen MR) is 134 cm³/mol. The van der Waals surface area contributed by atoms with Gasteiger partial charge in [0.15, 0.2) is 0 Å². The van der Waals surface area contributed by atoms with Crippen molar-refractivity contribution < 1.29 is 5.11 Å². The van der Waals surface area contributed by atoms with E-state index in [9.17, 15) is 5.11 Å². The predicted octanol–water partition coefficient (Wildman–Crippen LogP) is 6.83. The molecule has 6 heteroatoms. The Morgan fingerprint density at radius 1 is 0.909 bits per heavy atom. The average molecular weight is 474 g/mol. The minimum absolute atomic E-state index is 0.346. The first-order chi connectivity index (χ1) is 15.9. The van der Waals surface area contributed by atoms with Crippen LogP contribution in [-0.4, -0.2) is 20.1 Å². The number of hydrogen-bond acceptors (Lipinski definition) is 3. The molecular weight excluding hydrogens is 453 g/mol. The highest BCUT2D eigenvalue weighted by Crippen LogP contribution is 2.43. The summed E-state index contributed by atoms with van der Waals surface area (Å²) in [5.41, 5.74) is 4.59. The number of H-pyrrole nitrogens is 1. The number of benzene rings is 2. The molecule has 0 fully saturated rings. The van der Waals surface area contributed by atoms with Gasteiger partial charge in [-0.05, 0) is 48.7 Å². The molecule has 1 atom stereocenters. The Morgan fingerprint density at radius 3 is 2.36 bits per heavy atom. The number of aliphatic hydroxyl groups is 1. The molecule has 0 radical (unpaired) electrons. The highest BCUT2D eigenvalue weighted by Gasteiger charge is 2.35. The number of hydrogen-bond donors (Lipinski definition) is 2. The molecule has 0 aliphatic heterocycles. The minimum atomic E-state index is -1.43. The number of nitrogens with one attached hydrogen (secondary N) is 1. The number of pyridine rings is 2. The molecular formula is C27H21Cl2N3O. The van der Waals surface area contributed by atoms with E-state index in [-0.39, 0.29) is 0 Å². The molecule has 5 rings (SSSR count). The second-order valence-corrected chi connectivity index (χ2v) is 8.88. The highest BCUT2D eigenvalue weighted by atomic mass is 35.5. The number of nitrogens with zero attached hydrogens (tertiary/aromatic N) is 2. The van der Waals surface area contributed by atoms with Crippen molar-refractivity contribution in [3.05, 3.63) is 117 Å². The van der Waals surface area contributed by atoms with Gasteiger partial charge in [0.05, 0.1) is 10.5 Å². The number of rotatable bonds is 4. The molecule has 4 nitrogen and oxygen atoms in total. The Morgan fingerprint density at radius 2 is 1.70 bits per heavy atom. The lowest BCUT2D eigenvalue weighted by Gasteiger charge is -2.29. The van der Waals surface area contributed by atoms with Crippen molar-refractivity contribution in [2.75, 3.05) is 0 Å². The molecule has 0 bridgehead atoms. The number of fused-ring (bicyclic) bond motifs is 1. The maximum Gasteiger partial charge on any atom is 0.143 e. The third-order valence-electron chi connectivity index (χ3n) is 6.00. The lowest BCUT2D eigenvalue weighted by atomic mass is 9.81. The second kappa shape index (κ2) is 8.31. The lowest BCUT2D eigenvalue weighted by molar-refractivity contribution is 0.125. The van der Waals surface area contributed by atoms with Gasteiger partial charge < -0.3 is 10.1 Å². The zero-order valence-electron chi connectivity index (χ0n) is 18.1. The zero-order valence-corrected chi connectivity index (χ0v) is 19.6. The van der Waals surface area contributed by atoms with Crippen LogP contribution in [0, 0.1) is 13.8 Å². The van der Waals surface area contributed by atoms with E-state index in [4.69, 9.17) is 23.2 Å². The van der Waals surface area contributed by atoms with Gasteiger partial charge in [-0.1, -0.05) is 65.7 Å². The summed E-state index contributed by atoms with van der Waals surface area (Å²) in [5, 5.41) is 13.7. The molecule has 164 valence electrons. The fraction of sp³-hybridized carbons (Fsp3) is 0.111. The number of aryl methyl sites for hydroxylation is 2. The maximum absolute atomic E-state index is 12.2. The monoisotopic (exact) mass is 473 g/mol. The summed E-state index contributed by atoms with van der Waals surface area (Å²) in [4.78, 5) is 12.1. The van der Waals surface area contributed by atoms with E-state index in [0.717, 1.165) is 22.2 Å². The van der Waals surface area contributed by atoms with Crippen molar-refractivity contribution in [2.45, 2.75) is 19.4 Å². The summed E-state index contributed by atoms with van der Waals surface area (Å²) in [7, 11) is 0. The fourth-order valence-electron chi connectivity index (χ4n) is 4.26. The van der Waals surface area contributed by atoms with Gasteiger partial charge in [0, 0.05) is 46.4 Å². The van der Waals surface area contributed by atoms with Crippen LogP contribution in [0.4, 0.5) is 0 Å². The fourth-order valence-corrected chi connectivity index (χ4v) is 4.94. The zero-order chi connectivity index (χ0) is 23.2. The quantitative estimate of drug-likeness (QED) is 0.281. The number of aromatic nitrogens is 3.